The number of amides is 2. The number of nitrogens with zero attached hydrogens (tertiary/aromatic N) is 2. The second kappa shape index (κ2) is 18.1. The molecular weight excluding hydrogens is 671 g/mol. The largest absolute Gasteiger partial charge is 0.497 e. The van der Waals surface area contributed by atoms with Crippen molar-refractivity contribution in [3.8, 4) is 23.0 Å². The van der Waals surface area contributed by atoms with Crippen LogP contribution in [0, 0.1) is 5.92 Å². The van der Waals surface area contributed by atoms with Gasteiger partial charge in [-0.25, -0.2) is 8.42 Å². The maximum absolute atomic E-state index is 14.8. The van der Waals surface area contributed by atoms with Gasteiger partial charge in [-0.15, -0.1) is 0 Å². The lowest BCUT2D eigenvalue weighted by molar-refractivity contribution is -0.140. The molecule has 0 spiro atoms. The zero-order valence-electron chi connectivity index (χ0n) is 30.0. The third-order valence-electron chi connectivity index (χ3n) is 8.10. The van der Waals surface area contributed by atoms with Crippen LogP contribution < -0.4 is 28.6 Å². The number of carbonyl (C=O) groups excluding carboxylic acids is 2. The summed E-state index contributed by atoms with van der Waals surface area (Å²) in [5.41, 5.74) is 1.77. The summed E-state index contributed by atoms with van der Waals surface area (Å²) in [6.07, 6.45) is 0.200. The van der Waals surface area contributed by atoms with Crippen molar-refractivity contribution in [2.24, 2.45) is 5.92 Å². The van der Waals surface area contributed by atoms with Gasteiger partial charge in [0.2, 0.25) is 11.8 Å². The number of ether oxygens (including phenoxy) is 4. The van der Waals surface area contributed by atoms with Crippen molar-refractivity contribution in [2.75, 3.05) is 45.3 Å². The summed E-state index contributed by atoms with van der Waals surface area (Å²) < 4.78 is 51.8. The molecule has 0 saturated heterocycles. The predicted octanol–water partition coefficient (Wildman–Crippen LogP) is 5.72. The maximum Gasteiger partial charge on any atom is 0.264 e. The third kappa shape index (κ3) is 10.2. The summed E-state index contributed by atoms with van der Waals surface area (Å²) in [5, 5.41) is 3.00. The van der Waals surface area contributed by atoms with Gasteiger partial charge < -0.3 is 29.2 Å². The van der Waals surface area contributed by atoms with Crippen molar-refractivity contribution >= 4 is 27.5 Å². The number of sulfonamides is 1. The second-order valence-electron chi connectivity index (χ2n) is 12.2. The van der Waals surface area contributed by atoms with E-state index in [2.05, 4.69) is 5.32 Å². The van der Waals surface area contributed by atoms with Gasteiger partial charge in [0.25, 0.3) is 10.0 Å². The molecule has 0 aliphatic rings. The van der Waals surface area contributed by atoms with E-state index in [0.29, 0.717) is 36.0 Å². The van der Waals surface area contributed by atoms with E-state index in [1.54, 1.807) is 49.6 Å². The van der Waals surface area contributed by atoms with Crippen molar-refractivity contribution in [1.29, 1.82) is 0 Å². The van der Waals surface area contributed by atoms with Crippen LogP contribution in [0.3, 0.4) is 0 Å². The lowest BCUT2D eigenvalue weighted by Gasteiger charge is -2.34. The molecule has 272 valence electrons. The van der Waals surface area contributed by atoms with Gasteiger partial charge in [-0.2, -0.15) is 0 Å². The van der Waals surface area contributed by atoms with Crippen molar-refractivity contribution in [2.45, 2.75) is 44.7 Å². The number of hydrogen-bond acceptors (Lipinski definition) is 8. The highest BCUT2D eigenvalue weighted by Gasteiger charge is 2.35. The van der Waals surface area contributed by atoms with Crippen molar-refractivity contribution in [3.05, 3.63) is 108 Å². The van der Waals surface area contributed by atoms with Crippen LogP contribution in [0.4, 0.5) is 5.69 Å². The molecule has 0 heterocycles. The fourth-order valence-corrected chi connectivity index (χ4v) is 6.88. The first kappa shape index (κ1) is 38.6. The molecule has 12 heteroatoms. The van der Waals surface area contributed by atoms with Crippen molar-refractivity contribution in [1.82, 2.24) is 10.2 Å². The first-order chi connectivity index (χ1) is 24.5. The summed E-state index contributed by atoms with van der Waals surface area (Å²) in [6.45, 7) is 6.04. The van der Waals surface area contributed by atoms with Crippen LogP contribution in [0.1, 0.15) is 31.9 Å². The molecule has 0 bridgehead atoms. The predicted molar refractivity (Wildman–Crippen MR) is 197 cm³/mol. The molecule has 4 aromatic rings. The Kier molecular flexibility index (Phi) is 13.7. The Balaban J connectivity index is 1.84. The standard InChI is InChI=1S/C39H47N3O8S/c1-7-50-32-18-16-31(17-19-32)42(51(45,46)34-20-21-36(48-5)37(24-34)49-6)27-38(43)41(26-30-14-11-15-33(22-30)47-4)35(39(44)40-25-28(2)3)23-29-12-9-8-10-13-29/h8-22,24,28,35H,7,23,25-27H2,1-6H3,(H,40,44)/t35-/m0/s1. The van der Waals surface area contributed by atoms with Crippen LogP contribution in [0.5, 0.6) is 23.0 Å². The summed E-state index contributed by atoms with van der Waals surface area (Å²) in [5.74, 6) is 0.907. The molecule has 0 aliphatic carbocycles. The number of carbonyl (C=O) groups is 2. The van der Waals surface area contributed by atoms with Gasteiger partial charge in [0, 0.05) is 25.6 Å². The van der Waals surface area contributed by atoms with Crippen LogP contribution in [0.25, 0.3) is 0 Å². The fraction of sp³-hybridized carbons (Fsp3) is 0.333. The molecule has 4 aromatic carbocycles. The van der Waals surface area contributed by atoms with Crippen LogP contribution >= 0.6 is 0 Å². The molecule has 11 nitrogen and oxygen atoms in total. The molecule has 0 fully saturated rings. The molecule has 2 amide bonds. The molecule has 4 rings (SSSR count). The minimum Gasteiger partial charge on any atom is -0.497 e. The number of rotatable bonds is 18. The minimum absolute atomic E-state index is 0.0101. The SMILES string of the molecule is CCOc1ccc(N(CC(=O)N(Cc2cccc(OC)c2)[C@@H](Cc2ccccc2)C(=O)NCC(C)C)S(=O)(=O)c2ccc(OC)c(OC)c2)cc1. The first-order valence-corrected chi connectivity index (χ1v) is 18.2. The highest BCUT2D eigenvalue weighted by atomic mass is 32.2. The van der Waals surface area contributed by atoms with Gasteiger partial charge >= 0.3 is 0 Å². The van der Waals surface area contributed by atoms with Crippen molar-refractivity contribution in [3.63, 3.8) is 0 Å². The fourth-order valence-electron chi connectivity index (χ4n) is 5.45. The molecule has 1 N–H and O–H groups in total. The number of benzene rings is 4. The molecule has 0 aliphatic heterocycles. The Labute approximate surface area is 301 Å². The molecule has 0 radical (unpaired) electrons. The van der Waals surface area contributed by atoms with Gasteiger partial charge in [0.15, 0.2) is 11.5 Å². The highest BCUT2D eigenvalue weighted by molar-refractivity contribution is 7.92. The Morgan fingerprint density at radius 1 is 0.765 bits per heavy atom. The summed E-state index contributed by atoms with van der Waals surface area (Å²) in [4.78, 5) is 30.1. The van der Waals surface area contributed by atoms with Gasteiger partial charge in [-0.1, -0.05) is 56.3 Å². The summed E-state index contributed by atoms with van der Waals surface area (Å²) >= 11 is 0. The number of hydrogen-bond donors (Lipinski definition) is 1. The van der Waals surface area contributed by atoms with Gasteiger partial charge in [0.05, 0.1) is 38.5 Å². The third-order valence-corrected chi connectivity index (χ3v) is 9.87. The lowest BCUT2D eigenvalue weighted by Crippen LogP contribution is -2.53. The van der Waals surface area contributed by atoms with E-state index in [0.717, 1.165) is 9.87 Å². The van der Waals surface area contributed by atoms with Crippen LogP contribution in [-0.4, -0.2) is 72.2 Å². The smallest absolute Gasteiger partial charge is 0.264 e. The number of anilines is 1. The molecule has 0 aromatic heterocycles. The average Bonchev–Trinajstić information content (AvgIpc) is 3.14. The van der Waals surface area contributed by atoms with Crippen molar-refractivity contribution < 1.29 is 37.0 Å². The maximum atomic E-state index is 14.8. The topological polar surface area (TPSA) is 124 Å². The Morgan fingerprint density at radius 2 is 1.45 bits per heavy atom. The zero-order valence-corrected chi connectivity index (χ0v) is 30.8. The minimum atomic E-state index is -4.39. The van der Waals surface area contributed by atoms with E-state index in [1.165, 1.54) is 37.3 Å². The number of nitrogens with one attached hydrogen (secondary N) is 1. The number of methoxy groups -OCH3 is 3. The van der Waals surface area contributed by atoms with Gasteiger partial charge in [0.1, 0.15) is 24.1 Å². The Hall–Kier alpha value is -5.23. The van der Waals surface area contributed by atoms with Gasteiger partial charge in [-0.3, -0.25) is 13.9 Å². The average molecular weight is 718 g/mol. The normalized spacial score (nSPS) is 11.7. The van der Waals surface area contributed by atoms with E-state index < -0.39 is 28.5 Å². The van der Waals surface area contributed by atoms with E-state index >= 15 is 0 Å². The zero-order chi connectivity index (χ0) is 37.0. The molecule has 1 atom stereocenters. The molecule has 51 heavy (non-hydrogen) atoms. The highest BCUT2D eigenvalue weighted by Crippen LogP contribution is 2.33. The van der Waals surface area contributed by atoms with E-state index in [9.17, 15) is 18.0 Å². The monoisotopic (exact) mass is 717 g/mol. The summed E-state index contributed by atoms with van der Waals surface area (Å²) in [6, 6.07) is 26.3. The molecular formula is C39H47N3O8S. The van der Waals surface area contributed by atoms with Crippen LogP contribution in [0.2, 0.25) is 0 Å². The van der Waals surface area contributed by atoms with Gasteiger partial charge in [-0.05, 0) is 72.5 Å². The Bertz CT molecular complexity index is 1850. The molecule has 0 saturated carbocycles. The van der Waals surface area contributed by atoms with E-state index in [4.69, 9.17) is 18.9 Å². The van der Waals surface area contributed by atoms with Crippen LogP contribution in [-0.2, 0) is 32.6 Å². The second-order valence-corrected chi connectivity index (χ2v) is 14.0. The van der Waals surface area contributed by atoms with E-state index in [1.807, 2.05) is 57.2 Å². The quantitative estimate of drug-likeness (QED) is 0.139. The van der Waals surface area contributed by atoms with Crippen LogP contribution in [0.15, 0.2) is 102 Å². The lowest BCUT2D eigenvalue weighted by atomic mass is 10.0. The van der Waals surface area contributed by atoms with E-state index in [-0.39, 0.29) is 41.1 Å². The summed E-state index contributed by atoms with van der Waals surface area (Å²) in [7, 11) is 0.0303. The first-order valence-electron chi connectivity index (χ1n) is 16.7. The molecule has 0 unspecified atom stereocenters. The Morgan fingerprint density at radius 3 is 2.08 bits per heavy atom.